The molecule has 0 aliphatic carbocycles. The van der Waals surface area contributed by atoms with Crippen LogP contribution in [0.15, 0.2) is 18.2 Å². The molecular formula is C10H11F4NO. The summed E-state index contributed by atoms with van der Waals surface area (Å²) >= 11 is 0. The molecule has 0 heterocycles. The molecule has 1 aromatic carbocycles. The van der Waals surface area contributed by atoms with Crippen LogP contribution in [-0.2, 0) is 6.18 Å². The molecule has 0 aromatic heterocycles. The second kappa shape index (κ2) is 4.39. The van der Waals surface area contributed by atoms with Gasteiger partial charge in [0.15, 0.2) is 0 Å². The van der Waals surface area contributed by atoms with Gasteiger partial charge in [0.2, 0.25) is 0 Å². The Morgan fingerprint density at radius 3 is 2.31 bits per heavy atom. The largest absolute Gasteiger partial charge is 0.416 e. The molecule has 1 rings (SSSR count). The quantitative estimate of drug-likeness (QED) is 0.775. The van der Waals surface area contributed by atoms with Gasteiger partial charge in [-0.15, -0.1) is 0 Å². The molecule has 0 fully saturated rings. The third-order valence-corrected chi connectivity index (χ3v) is 2.15. The molecule has 0 saturated heterocycles. The van der Waals surface area contributed by atoms with E-state index in [1.54, 1.807) is 0 Å². The van der Waals surface area contributed by atoms with Crippen LogP contribution in [0.2, 0.25) is 0 Å². The van der Waals surface area contributed by atoms with Gasteiger partial charge in [-0.1, -0.05) is 6.07 Å². The number of aliphatic hydroxyl groups is 1. The minimum absolute atomic E-state index is 0.712. The molecule has 2 unspecified atom stereocenters. The van der Waals surface area contributed by atoms with E-state index in [0.717, 1.165) is 12.1 Å². The Balaban J connectivity index is 3.35. The predicted molar refractivity (Wildman–Crippen MR) is 50.0 cm³/mol. The van der Waals surface area contributed by atoms with E-state index in [0.29, 0.717) is 6.07 Å². The van der Waals surface area contributed by atoms with E-state index < -0.39 is 35.3 Å². The summed E-state index contributed by atoms with van der Waals surface area (Å²) in [5, 5.41) is 9.46. The first-order valence-electron chi connectivity index (χ1n) is 4.54. The number of alkyl halides is 3. The molecule has 0 aliphatic rings. The highest BCUT2D eigenvalue weighted by Gasteiger charge is 2.37. The summed E-state index contributed by atoms with van der Waals surface area (Å²) in [5.41, 5.74) is 3.27. The number of hydrogen-bond acceptors (Lipinski definition) is 2. The van der Waals surface area contributed by atoms with Gasteiger partial charge in [-0.25, -0.2) is 4.39 Å². The number of aliphatic hydroxyl groups excluding tert-OH is 1. The molecule has 0 amide bonds. The minimum atomic E-state index is -4.71. The van der Waals surface area contributed by atoms with Crippen molar-refractivity contribution in [3.63, 3.8) is 0 Å². The van der Waals surface area contributed by atoms with Gasteiger partial charge in [-0.3, -0.25) is 0 Å². The van der Waals surface area contributed by atoms with Crippen molar-refractivity contribution in [2.45, 2.75) is 25.2 Å². The van der Waals surface area contributed by atoms with Gasteiger partial charge in [-0.05, 0) is 19.1 Å². The van der Waals surface area contributed by atoms with Gasteiger partial charge in [-0.2, -0.15) is 13.2 Å². The Kier molecular flexibility index (Phi) is 3.54. The monoisotopic (exact) mass is 237 g/mol. The van der Waals surface area contributed by atoms with Crippen LogP contribution in [0.25, 0.3) is 0 Å². The molecule has 0 bridgehead atoms. The number of rotatable bonds is 2. The van der Waals surface area contributed by atoms with E-state index in [9.17, 15) is 22.7 Å². The first-order chi connectivity index (χ1) is 7.25. The summed E-state index contributed by atoms with van der Waals surface area (Å²) in [5.74, 6) is -1.11. The van der Waals surface area contributed by atoms with E-state index in [1.165, 1.54) is 6.92 Å². The van der Waals surface area contributed by atoms with Crippen molar-refractivity contribution in [1.29, 1.82) is 0 Å². The maximum atomic E-state index is 13.3. The van der Waals surface area contributed by atoms with Crippen LogP contribution in [-0.4, -0.2) is 11.1 Å². The van der Waals surface area contributed by atoms with Crippen molar-refractivity contribution in [2.75, 3.05) is 0 Å². The van der Waals surface area contributed by atoms with E-state index in [1.807, 2.05) is 0 Å². The topological polar surface area (TPSA) is 46.2 Å². The summed E-state index contributed by atoms with van der Waals surface area (Å²) < 4.78 is 50.9. The van der Waals surface area contributed by atoms with Crippen molar-refractivity contribution in [2.24, 2.45) is 5.73 Å². The summed E-state index contributed by atoms with van der Waals surface area (Å²) in [7, 11) is 0. The van der Waals surface area contributed by atoms with Crippen molar-refractivity contribution < 1.29 is 22.7 Å². The zero-order valence-electron chi connectivity index (χ0n) is 8.42. The van der Waals surface area contributed by atoms with E-state index in [-0.39, 0.29) is 0 Å². The fourth-order valence-electron chi connectivity index (χ4n) is 1.35. The highest BCUT2D eigenvalue weighted by atomic mass is 19.4. The molecule has 0 radical (unpaired) electrons. The van der Waals surface area contributed by atoms with Crippen molar-refractivity contribution in [3.05, 3.63) is 35.1 Å². The summed E-state index contributed by atoms with van der Waals surface area (Å²) in [6, 6.07) is 1.52. The summed E-state index contributed by atoms with van der Waals surface area (Å²) in [4.78, 5) is 0. The lowest BCUT2D eigenvalue weighted by Gasteiger charge is -2.20. The number of benzene rings is 1. The zero-order chi connectivity index (χ0) is 12.5. The molecule has 2 atom stereocenters. The van der Waals surface area contributed by atoms with Crippen LogP contribution in [0.5, 0.6) is 0 Å². The molecule has 0 aliphatic heterocycles. The second-order valence-electron chi connectivity index (χ2n) is 3.50. The Hall–Kier alpha value is -1.14. The first kappa shape index (κ1) is 12.9. The van der Waals surface area contributed by atoms with Crippen LogP contribution >= 0.6 is 0 Å². The third kappa shape index (κ3) is 2.51. The van der Waals surface area contributed by atoms with Gasteiger partial charge in [0.1, 0.15) is 5.82 Å². The standard InChI is InChI=1S/C10H11F4NO/c1-5(15)9(16)8-6(10(12,13)14)3-2-4-7(8)11/h2-5,9,16H,15H2,1H3. The fourth-order valence-corrected chi connectivity index (χ4v) is 1.35. The third-order valence-electron chi connectivity index (χ3n) is 2.15. The van der Waals surface area contributed by atoms with Crippen LogP contribution in [0.4, 0.5) is 17.6 Å². The van der Waals surface area contributed by atoms with Gasteiger partial charge in [0.25, 0.3) is 0 Å². The molecule has 3 N–H and O–H groups in total. The average molecular weight is 237 g/mol. The maximum Gasteiger partial charge on any atom is 0.416 e. The van der Waals surface area contributed by atoms with E-state index >= 15 is 0 Å². The van der Waals surface area contributed by atoms with Gasteiger partial charge < -0.3 is 10.8 Å². The average Bonchev–Trinajstić information content (AvgIpc) is 2.14. The first-order valence-corrected chi connectivity index (χ1v) is 4.54. The zero-order valence-corrected chi connectivity index (χ0v) is 8.42. The molecule has 90 valence electrons. The van der Waals surface area contributed by atoms with Gasteiger partial charge >= 0.3 is 6.18 Å². The van der Waals surface area contributed by atoms with Gasteiger partial charge in [0.05, 0.1) is 11.7 Å². The Morgan fingerprint density at radius 2 is 1.88 bits per heavy atom. The number of halogens is 4. The fraction of sp³-hybridized carbons (Fsp3) is 0.400. The molecule has 6 heteroatoms. The van der Waals surface area contributed by atoms with E-state index in [4.69, 9.17) is 5.73 Å². The number of hydrogen-bond donors (Lipinski definition) is 2. The van der Waals surface area contributed by atoms with Crippen LogP contribution < -0.4 is 5.73 Å². The summed E-state index contributed by atoms with van der Waals surface area (Å²) in [6.07, 6.45) is -6.40. The molecule has 0 spiro atoms. The highest BCUT2D eigenvalue weighted by Crippen LogP contribution is 2.36. The Bertz CT molecular complexity index is 376. The lowest BCUT2D eigenvalue weighted by molar-refractivity contribution is -0.139. The van der Waals surface area contributed by atoms with Crippen molar-refractivity contribution in [1.82, 2.24) is 0 Å². The van der Waals surface area contributed by atoms with Crippen LogP contribution in [0, 0.1) is 5.82 Å². The molecular weight excluding hydrogens is 226 g/mol. The van der Waals surface area contributed by atoms with Crippen LogP contribution in [0.1, 0.15) is 24.2 Å². The second-order valence-corrected chi connectivity index (χ2v) is 3.50. The van der Waals surface area contributed by atoms with Crippen molar-refractivity contribution in [3.8, 4) is 0 Å². The molecule has 16 heavy (non-hydrogen) atoms. The molecule has 2 nitrogen and oxygen atoms in total. The Morgan fingerprint density at radius 1 is 1.31 bits per heavy atom. The molecule has 1 aromatic rings. The minimum Gasteiger partial charge on any atom is -0.387 e. The predicted octanol–water partition coefficient (Wildman–Crippen LogP) is 2.23. The van der Waals surface area contributed by atoms with Gasteiger partial charge in [0, 0.05) is 11.6 Å². The van der Waals surface area contributed by atoms with Crippen LogP contribution in [0.3, 0.4) is 0 Å². The highest BCUT2D eigenvalue weighted by molar-refractivity contribution is 5.33. The van der Waals surface area contributed by atoms with E-state index in [2.05, 4.69) is 0 Å². The lowest BCUT2D eigenvalue weighted by atomic mass is 9.97. The molecule has 0 saturated carbocycles. The maximum absolute atomic E-state index is 13.3. The lowest BCUT2D eigenvalue weighted by Crippen LogP contribution is -2.27. The summed E-state index contributed by atoms with van der Waals surface area (Å²) in [6.45, 7) is 1.30. The SMILES string of the molecule is CC(N)C(O)c1c(F)cccc1C(F)(F)F. The normalized spacial score (nSPS) is 15.9. The van der Waals surface area contributed by atoms with Crippen molar-refractivity contribution >= 4 is 0 Å². The number of nitrogens with two attached hydrogens (primary N) is 1. The smallest absolute Gasteiger partial charge is 0.387 e. The Labute approximate surface area is 89.7 Å².